The average Bonchev–Trinajstić information content (AvgIpc) is 1.71. The summed E-state index contributed by atoms with van der Waals surface area (Å²) in [7, 11) is 0. The van der Waals surface area contributed by atoms with Crippen LogP contribution in [0.3, 0.4) is 0 Å². The van der Waals surface area contributed by atoms with Gasteiger partial charge in [-0.1, -0.05) is 114 Å². The van der Waals surface area contributed by atoms with Crippen molar-refractivity contribution in [1.29, 1.82) is 10.5 Å². The number of nitrogens with zero attached hydrogens (tertiary/aromatic N) is 6. The van der Waals surface area contributed by atoms with E-state index in [1.165, 1.54) is 0 Å². The van der Waals surface area contributed by atoms with Crippen molar-refractivity contribution in [2.75, 3.05) is 39.6 Å². The maximum Gasteiger partial charge on any atom is 3.00 e. The van der Waals surface area contributed by atoms with Crippen LogP contribution >= 0.6 is 0 Å². The number of carbonyl (C=O) groups is 7. The SMILES string of the molecule is CCCCOC(=O)CC[C@@H]1C2=NC(=C\C3=NC(=C(/C)C4=N[C@@](C)(C5[N-]/C(=C\2C)[C@](C)(CCC(=O)OCCCC)[C@H]5CC(=O)OCCCC)[C@@](C)(CC(=O)OCCCC)[C@@H]4CCC(=O)OCCCC)/[C@@](C)(CC(=O)OCCCC)C3=O)/C1(C)C.[C-]#N.[C-]#N.[Co+3]. The smallest absolute Gasteiger partial charge is 0.682 e. The molecule has 0 amide bonds. The molecule has 0 saturated carbocycles. The van der Waals surface area contributed by atoms with Gasteiger partial charge in [0.25, 0.3) is 0 Å². The van der Waals surface area contributed by atoms with Crippen LogP contribution in [0, 0.1) is 63.1 Å². The molecular formula is C68H101CoN6O13. The molecule has 0 aromatic heterocycles. The van der Waals surface area contributed by atoms with E-state index in [-0.39, 0.29) is 119 Å². The number of ether oxygens (including phenoxy) is 6. The zero-order valence-corrected chi connectivity index (χ0v) is 56.3. The van der Waals surface area contributed by atoms with Crippen LogP contribution < -0.4 is 0 Å². The standard InChI is InChI=1S/C66H101N4O13.2CN.Co/c1-15-21-33-78-50(71)29-27-45-56-43(7)58-63(11,32-31-52(73)80-35-23-17-3)47(39-53(74)81-36-24-18-4)60(69-58)66(14)65(13,42-55(76)83-38-26-20-6)46(28-30-51(72)79-34-22-16-2)57(70-66)44(8)59-64(12,41-54(75)82-37-25-19-5)61(77)48(67-59)40-49(68-56)62(45,9)10;2*1-2;/h40,45-47,60H,15-39,41-42H2,1-14H3;;;/q3*-1;+3/t45-,46-,47+,60?,63-,64-,65+,66+;;;/m1.../s1. The molecule has 5 heterocycles. The molecule has 5 aliphatic heterocycles. The Morgan fingerprint density at radius 2 is 0.977 bits per heavy atom. The fourth-order valence-electron chi connectivity index (χ4n) is 13.0. The van der Waals surface area contributed by atoms with E-state index in [0.717, 1.165) is 44.9 Å². The van der Waals surface area contributed by atoms with Gasteiger partial charge in [0.2, 0.25) is 0 Å². The number of ketones is 1. The number of Topliss-reactive ketones (excluding diaryl/α,β-unsaturated/α-hetero) is 1. The second-order valence-electron chi connectivity index (χ2n) is 25.2. The molecule has 1 fully saturated rings. The summed E-state index contributed by atoms with van der Waals surface area (Å²) in [5, 5.41) is 18.4. The summed E-state index contributed by atoms with van der Waals surface area (Å²) in [5.74, 6) is -5.00. The minimum atomic E-state index is -1.58. The molecule has 5 aliphatic rings. The number of rotatable bonds is 33. The fourth-order valence-corrected chi connectivity index (χ4v) is 13.0. The number of aliphatic imine (C=N–C) groups is 3. The maximum absolute atomic E-state index is 15.5. The predicted octanol–water partition coefficient (Wildman–Crippen LogP) is 13.5. The van der Waals surface area contributed by atoms with Gasteiger partial charge in [0.05, 0.1) is 69.1 Å². The molecule has 0 aromatic carbocycles. The summed E-state index contributed by atoms with van der Waals surface area (Å²) < 4.78 is 35.1. The number of allylic oxidation sites excluding steroid dienone is 6. The van der Waals surface area contributed by atoms with Crippen molar-refractivity contribution in [3.05, 3.63) is 52.8 Å². The third-order valence-corrected chi connectivity index (χ3v) is 18.6. The third-order valence-electron chi connectivity index (χ3n) is 18.6. The van der Waals surface area contributed by atoms with E-state index in [2.05, 4.69) is 0 Å². The number of unbranched alkanes of at least 4 members (excludes halogenated alkanes) is 6. The predicted molar refractivity (Wildman–Crippen MR) is 332 cm³/mol. The number of esters is 6. The summed E-state index contributed by atoms with van der Waals surface area (Å²) in [6.07, 6.45) is 10.6. The van der Waals surface area contributed by atoms with Gasteiger partial charge >= 0.3 is 52.6 Å². The van der Waals surface area contributed by atoms with E-state index in [9.17, 15) is 28.8 Å². The zero-order valence-electron chi connectivity index (χ0n) is 55.3. The zero-order chi connectivity index (χ0) is 65.3. The van der Waals surface area contributed by atoms with Crippen LogP contribution in [0.1, 0.15) is 232 Å². The van der Waals surface area contributed by atoms with Crippen molar-refractivity contribution in [3.8, 4) is 0 Å². The second-order valence-corrected chi connectivity index (χ2v) is 25.2. The second kappa shape index (κ2) is 36.6. The molecule has 5 rings (SSSR count). The molecule has 0 spiro atoms. The number of hydrogen-bond donors (Lipinski definition) is 0. The van der Waals surface area contributed by atoms with E-state index in [0.29, 0.717) is 79.1 Å². The van der Waals surface area contributed by atoms with E-state index in [1.54, 1.807) is 13.0 Å². The van der Waals surface area contributed by atoms with Crippen molar-refractivity contribution < 1.29 is 78.8 Å². The molecule has 88 heavy (non-hydrogen) atoms. The van der Waals surface area contributed by atoms with Gasteiger partial charge in [0, 0.05) is 65.5 Å². The van der Waals surface area contributed by atoms with Crippen LogP contribution in [-0.4, -0.2) is 110 Å². The molecule has 19 nitrogen and oxygen atoms in total. The summed E-state index contributed by atoms with van der Waals surface area (Å²) in [6, 6.07) is -0.915. The molecule has 0 aliphatic carbocycles. The normalized spacial score (nSPS) is 27.7. The first-order valence-corrected chi connectivity index (χ1v) is 31.9. The van der Waals surface area contributed by atoms with Gasteiger partial charge in [-0.2, -0.15) is 5.70 Å². The van der Waals surface area contributed by atoms with E-state index >= 15 is 4.79 Å². The van der Waals surface area contributed by atoms with Crippen molar-refractivity contribution in [2.45, 2.75) is 243 Å². The van der Waals surface area contributed by atoms with Crippen LogP contribution in [-0.2, 0) is 78.8 Å². The van der Waals surface area contributed by atoms with Crippen LogP contribution in [0.25, 0.3) is 5.32 Å². The third kappa shape index (κ3) is 18.6. The fraction of sp³-hybridized carbons (Fsp3) is 0.735. The molecule has 0 aromatic rings. The van der Waals surface area contributed by atoms with Crippen molar-refractivity contribution in [3.63, 3.8) is 0 Å². The number of carbonyl (C=O) groups excluding carboxylic acids is 7. The topological polar surface area (TPSA) is 274 Å². The van der Waals surface area contributed by atoms with Gasteiger partial charge in [-0.25, -0.2) is 4.99 Å². The molecule has 490 valence electrons. The Morgan fingerprint density at radius 3 is 1.44 bits per heavy atom. The molecular weight excluding hydrogens is 1170 g/mol. The first-order chi connectivity index (χ1) is 41.4. The van der Waals surface area contributed by atoms with Gasteiger partial charge in [-0.15, -0.1) is 0 Å². The molecule has 1 saturated heterocycles. The van der Waals surface area contributed by atoms with Gasteiger partial charge in [-0.05, 0) is 114 Å². The van der Waals surface area contributed by atoms with Crippen molar-refractivity contribution in [2.24, 2.45) is 54.4 Å². The minimum Gasteiger partial charge on any atom is -0.682 e. The Hall–Kier alpha value is -5.99. The monoisotopic (exact) mass is 1270 g/mol. The summed E-state index contributed by atoms with van der Waals surface area (Å²) in [4.78, 5) is 117. The van der Waals surface area contributed by atoms with Gasteiger partial charge in [0.1, 0.15) is 5.71 Å². The molecule has 20 heteroatoms. The molecule has 8 bridgehead atoms. The van der Waals surface area contributed by atoms with Crippen LogP contribution in [0.4, 0.5) is 0 Å². The maximum atomic E-state index is 15.5. The van der Waals surface area contributed by atoms with Gasteiger partial charge in [0.15, 0.2) is 5.78 Å². The number of fused-ring (bicyclic) bond motifs is 6. The van der Waals surface area contributed by atoms with Crippen molar-refractivity contribution in [1.82, 2.24) is 0 Å². The van der Waals surface area contributed by atoms with E-state index in [1.807, 2.05) is 90.0 Å². The van der Waals surface area contributed by atoms with Gasteiger partial charge < -0.3 is 57.4 Å². The average molecular weight is 1270 g/mol. The van der Waals surface area contributed by atoms with E-state index < -0.39 is 86.6 Å². The van der Waals surface area contributed by atoms with Crippen LogP contribution in [0.5, 0.6) is 0 Å². The van der Waals surface area contributed by atoms with Crippen molar-refractivity contribution >= 4 is 58.7 Å². The Labute approximate surface area is 535 Å². The van der Waals surface area contributed by atoms with Crippen LogP contribution in [0.15, 0.2) is 49.3 Å². The first kappa shape index (κ1) is 78.1. The molecule has 0 N–H and O–H groups in total. The first-order valence-electron chi connectivity index (χ1n) is 31.9. The molecule has 8 atom stereocenters. The Balaban J connectivity index is 0.00000517. The number of hydrogen-bond acceptors (Lipinski definition) is 18. The largest absolute Gasteiger partial charge is 3.00 e. The summed E-state index contributed by atoms with van der Waals surface area (Å²) in [6.45, 7) is 38.5. The molecule has 0 radical (unpaired) electrons. The molecule has 1 unspecified atom stereocenters. The summed E-state index contributed by atoms with van der Waals surface area (Å²) >= 11 is 0. The van der Waals surface area contributed by atoms with Gasteiger partial charge in [-0.3, -0.25) is 43.5 Å². The quantitative estimate of drug-likeness (QED) is 0.0256. The Morgan fingerprint density at radius 1 is 0.557 bits per heavy atom. The van der Waals surface area contributed by atoms with Crippen LogP contribution in [0.2, 0.25) is 0 Å². The Kier molecular flexibility index (Phi) is 32.5. The minimum absolute atomic E-state index is 0. The van der Waals surface area contributed by atoms with E-state index in [4.69, 9.17) is 72.4 Å². The Bertz CT molecular complexity index is 2660. The summed E-state index contributed by atoms with van der Waals surface area (Å²) in [5.41, 5.74) is -2.46.